The van der Waals surface area contributed by atoms with Gasteiger partial charge in [-0.1, -0.05) is 206 Å². The van der Waals surface area contributed by atoms with Gasteiger partial charge in [-0.2, -0.15) is 0 Å². The molecule has 2 atom stereocenters. The van der Waals surface area contributed by atoms with Gasteiger partial charge in [-0.3, -0.25) is 9.97 Å². The first-order chi connectivity index (χ1) is 39.6. The van der Waals surface area contributed by atoms with Crippen LogP contribution < -0.4 is 0 Å². The summed E-state index contributed by atoms with van der Waals surface area (Å²) in [6, 6.07) is 88.8. The van der Waals surface area contributed by atoms with E-state index in [1.807, 2.05) is 134 Å². The summed E-state index contributed by atoms with van der Waals surface area (Å²) < 4.78 is 0. The predicted octanol–water partition coefficient (Wildman–Crippen LogP) is 16.5. The molecule has 3 aliphatic carbocycles. The summed E-state index contributed by atoms with van der Waals surface area (Å²) in [5, 5.41) is 0. The van der Waals surface area contributed by atoms with Crippen LogP contribution in [0.25, 0.3) is 113 Å². The average molecular weight is 1020 g/mol. The van der Waals surface area contributed by atoms with E-state index in [-0.39, 0.29) is 11.8 Å². The second-order valence-electron chi connectivity index (χ2n) is 20.2. The first kappa shape index (κ1) is 46.6. The van der Waals surface area contributed by atoms with Gasteiger partial charge >= 0.3 is 0 Å². The van der Waals surface area contributed by atoms with Crippen molar-refractivity contribution in [2.75, 3.05) is 0 Å². The molecule has 3 aliphatic rings. The maximum absolute atomic E-state index is 5.20. The molecular weight excluding hydrogens is 977 g/mol. The van der Waals surface area contributed by atoms with Gasteiger partial charge in [0.15, 0.2) is 34.9 Å². The first-order valence-corrected chi connectivity index (χ1v) is 26.9. The number of nitrogens with zero attached hydrogens (tertiary/aromatic N) is 8. The summed E-state index contributed by atoms with van der Waals surface area (Å²) in [7, 11) is 0. The van der Waals surface area contributed by atoms with Gasteiger partial charge in [0.25, 0.3) is 0 Å². The summed E-state index contributed by atoms with van der Waals surface area (Å²) in [5.41, 5.74) is 21.6. The third kappa shape index (κ3) is 8.34. The standard InChI is InChI=1S/C72H46N8/c1-3-19-45(20-4-1)67-75-69(79-71(77-67)59-31-11-7-27-53(59)63-33-13-15-39-73-63)51-25-17-23-47(41-51)49-35-37-57-61(43-49)65-55-29-9-10-30-56(55)66(57)62-44-50(36-38-58(62)65)48-24-18-26-52(42-48)70-76-68(46-21-5-2-6-22-46)78-72(80-70)60-32-12-8-28-54(60)64-34-14-16-40-74-64/h1-44,65-66H. The highest BCUT2D eigenvalue weighted by atomic mass is 15.0. The van der Waals surface area contributed by atoms with E-state index in [9.17, 15) is 0 Å². The molecule has 8 heteroatoms. The smallest absolute Gasteiger partial charge is 0.164 e. The molecule has 0 saturated carbocycles. The Morgan fingerprint density at radius 1 is 0.200 bits per heavy atom. The van der Waals surface area contributed by atoms with E-state index >= 15 is 0 Å². The van der Waals surface area contributed by atoms with Gasteiger partial charge in [0.1, 0.15) is 0 Å². The van der Waals surface area contributed by atoms with Crippen molar-refractivity contribution >= 4 is 0 Å². The minimum Gasteiger partial charge on any atom is -0.256 e. The molecule has 80 heavy (non-hydrogen) atoms. The number of hydrogen-bond donors (Lipinski definition) is 0. The number of benzene rings is 9. The van der Waals surface area contributed by atoms with Crippen LogP contribution in [0.4, 0.5) is 0 Å². The Kier molecular flexibility index (Phi) is 11.5. The van der Waals surface area contributed by atoms with Gasteiger partial charge in [0, 0.05) is 68.7 Å². The van der Waals surface area contributed by atoms with Crippen LogP contribution in [-0.4, -0.2) is 39.9 Å². The SMILES string of the molecule is c1ccc(-c2nc(-c3cccc(-c4ccc5c(c4)C4c6ccccc6C5c5cc(-c6cccc(-c7nc(-c8ccccc8)nc(-c8ccccc8-c8ccccn8)n7)c6)ccc54)c3)nc(-c3ccccc3-c3ccccn3)n2)cc1. The Hall–Kier alpha value is -10.7. The number of pyridine rings is 2. The molecule has 4 heterocycles. The van der Waals surface area contributed by atoms with Gasteiger partial charge in [0.05, 0.1) is 11.4 Å². The van der Waals surface area contributed by atoms with Crippen molar-refractivity contribution in [3.05, 3.63) is 301 Å². The van der Waals surface area contributed by atoms with Crippen LogP contribution in [0.2, 0.25) is 0 Å². The maximum atomic E-state index is 5.20. The topological polar surface area (TPSA) is 103 Å². The highest BCUT2D eigenvalue weighted by molar-refractivity contribution is 5.83. The number of rotatable bonds is 10. The summed E-state index contributed by atoms with van der Waals surface area (Å²) in [5.74, 6) is 3.74. The Morgan fingerprint density at radius 2 is 0.525 bits per heavy atom. The van der Waals surface area contributed by atoms with Crippen molar-refractivity contribution in [3.8, 4) is 113 Å². The van der Waals surface area contributed by atoms with Gasteiger partial charge in [-0.05, 0) is 104 Å². The Balaban J connectivity index is 0.790. The Labute approximate surface area is 463 Å². The zero-order chi connectivity index (χ0) is 52.9. The zero-order valence-electron chi connectivity index (χ0n) is 43.1. The highest BCUT2D eigenvalue weighted by Crippen LogP contribution is 2.57. The van der Waals surface area contributed by atoms with E-state index in [1.54, 1.807) is 0 Å². The van der Waals surface area contributed by atoms with Crippen LogP contribution in [0.15, 0.2) is 267 Å². The van der Waals surface area contributed by atoms with Crippen LogP contribution in [-0.2, 0) is 0 Å². The molecule has 0 amide bonds. The van der Waals surface area contributed by atoms with Crippen LogP contribution in [0.1, 0.15) is 45.2 Å². The fourth-order valence-electron chi connectivity index (χ4n) is 11.8. The molecule has 8 nitrogen and oxygen atoms in total. The fourth-order valence-corrected chi connectivity index (χ4v) is 11.8. The lowest BCUT2D eigenvalue weighted by Gasteiger charge is -2.42. The molecule has 0 saturated heterocycles. The monoisotopic (exact) mass is 1020 g/mol. The Bertz CT molecular complexity index is 4200. The lowest BCUT2D eigenvalue weighted by Crippen LogP contribution is -2.27. The van der Waals surface area contributed by atoms with Crippen molar-refractivity contribution in [1.29, 1.82) is 0 Å². The fraction of sp³-hybridized carbons (Fsp3) is 0.0278. The molecule has 9 aromatic carbocycles. The highest BCUT2D eigenvalue weighted by Gasteiger charge is 2.41. The molecule has 2 unspecified atom stereocenters. The van der Waals surface area contributed by atoms with E-state index in [0.717, 1.165) is 78.1 Å². The molecule has 0 N–H and O–H groups in total. The molecule has 4 aromatic heterocycles. The largest absolute Gasteiger partial charge is 0.256 e. The Morgan fingerprint density at radius 3 is 0.950 bits per heavy atom. The maximum Gasteiger partial charge on any atom is 0.164 e. The van der Waals surface area contributed by atoms with Crippen molar-refractivity contribution in [2.45, 2.75) is 11.8 Å². The normalized spacial score (nSPS) is 13.8. The minimum absolute atomic E-state index is 0.0671. The quantitative estimate of drug-likeness (QED) is 0.133. The van der Waals surface area contributed by atoms with Gasteiger partial charge in [0.2, 0.25) is 0 Å². The molecule has 2 bridgehead atoms. The summed E-state index contributed by atoms with van der Waals surface area (Å²) in [6.45, 7) is 0. The zero-order valence-corrected chi connectivity index (χ0v) is 43.1. The van der Waals surface area contributed by atoms with E-state index in [4.69, 9.17) is 29.9 Å². The molecule has 13 aromatic rings. The van der Waals surface area contributed by atoms with Crippen molar-refractivity contribution in [1.82, 2.24) is 39.9 Å². The summed E-state index contributed by atoms with van der Waals surface area (Å²) in [6.07, 6.45) is 3.63. The van der Waals surface area contributed by atoms with Crippen LogP contribution in [0, 0.1) is 0 Å². The molecule has 0 fully saturated rings. The third-order valence-electron chi connectivity index (χ3n) is 15.5. The lowest BCUT2D eigenvalue weighted by atomic mass is 9.60. The second-order valence-corrected chi connectivity index (χ2v) is 20.2. The minimum atomic E-state index is 0.0671. The van der Waals surface area contributed by atoms with Gasteiger partial charge < -0.3 is 0 Å². The van der Waals surface area contributed by atoms with Crippen molar-refractivity contribution in [2.24, 2.45) is 0 Å². The lowest BCUT2D eigenvalue weighted by molar-refractivity contribution is 0.755. The van der Waals surface area contributed by atoms with Gasteiger partial charge in [-0.15, -0.1) is 0 Å². The average Bonchev–Trinajstić information content (AvgIpc) is 3.64. The van der Waals surface area contributed by atoms with E-state index in [1.165, 1.54) is 33.4 Å². The van der Waals surface area contributed by atoms with Gasteiger partial charge in [-0.25, -0.2) is 29.9 Å². The van der Waals surface area contributed by atoms with E-state index < -0.39 is 0 Å². The van der Waals surface area contributed by atoms with Crippen LogP contribution in [0.3, 0.4) is 0 Å². The van der Waals surface area contributed by atoms with Crippen molar-refractivity contribution < 1.29 is 0 Å². The number of aromatic nitrogens is 8. The molecular formula is C72H46N8. The van der Waals surface area contributed by atoms with Crippen molar-refractivity contribution in [3.63, 3.8) is 0 Å². The molecule has 374 valence electrons. The molecule has 0 aliphatic heterocycles. The number of hydrogen-bond acceptors (Lipinski definition) is 8. The predicted molar refractivity (Wildman–Crippen MR) is 318 cm³/mol. The summed E-state index contributed by atoms with van der Waals surface area (Å²) >= 11 is 0. The first-order valence-electron chi connectivity index (χ1n) is 26.9. The molecule has 0 spiro atoms. The third-order valence-corrected chi connectivity index (χ3v) is 15.5. The van der Waals surface area contributed by atoms with Crippen LogP contribution in [0.5, 0.6) is 0 Å². The van der Waals surface area contributed by atoms with E-state index in [2.05, 4.69) is 143 Å². The molecule has 0 radical (unpaired) electrons. The summed E-state index contributed by atoms with van der Waals surface area (Å²) in [4.78, 5) is 40.2. The van der Waals surface area contributed by atoms with Crippen LogP contribution >= 0.6 is 0 Å². The second kappa shape index (κ2) is 19.7. The van der Waals surface area contributed by atoms with E-state index in [0.29, 0.717) is 34.9 Å². The molecule has 16 rings (SSSR count).